The van der Waals surface area contributed by atoms with Crippen LogP contribution in [0.25, 0.3) is 51.6 Å². The second kappa shape index (κ2) is 7.38. The average Bonchev–Trinajstić information content (AvgIpc) is 3.26. The largest absolute Gasteiger partial charge is 0.255 e. The van der Waals surface area contributed by atoms with Crippen LogP contribution in [0.2, 0.25) is 0 Å². The lowest BCUT2D eigenvalue weighted by Gasteiger charge is -2.17. The number of rotatable bonds is 2. The molecule has 0 aliphatic heterocycles. The lowest BCUT2D eigenvalue weighted by atomic mass is 9.88. The zero-order chi connectivity index (χ0) is 22.9. The van der Waals surface area contributed by atoms with Gasteiger partial charge in [0.15, 0.2) is 0 Å². The van der Waals surface area contributed by atoms with Gasteiger partial charge in [0.05, 0.1) is 10.4 Å². The topological polar surface area (TPSA) is 12.9 Å². The fraction of sp³-hybridized carbons (Fsp3) is 0.233. The van der Waals surface area contributed by atoms with E-state index < -0.39 is 0 Å². The van der Waals surface area contributed by atoms with E-state index in [1.807, 2.05) is 28.9 Å². The molecule has 0 N–H and O–H groups in total. The van der Waals surface area contributed by atoms with Crippen molar-refractivity contribution in [3.63, 3.8) is 0 Å². The van der Waals surface area contributed by atoms with Gasteiger partial charge in [-0.15, -0.1) is 22.7 Å². The number of thiophene rings is 2. The zero-order valence-electron chi connectivity index (χ0n) is 19.7. The summed E-state index contributed by atoms with van der Waals surface area (Å²) in [5.74, 6) is 0. The van der Waals surface area contributed by atoms with Crippen LogP contribution in [0.15, 0.2) is 60.8 Å². The van der Waals surface area contributed by atoms with Gasteiger partial charge in [0.25, 0.3) is 0 Å². The van der Waals surface area contributed by atoms with Crippen molar-refractivity contribution in [1.29, 1.82) is 0 Å². The molecule has 0 saturated carbocycles. The highest BCUT2D eigenvalue weighted by atomic mass is 32.1. The maximum Gasteiger partial charge on any atom is 0.0880 e. The van der Waals surface area contributed by atoms with Crippen molar-refractivity contribution in [2.45, 2.75) is 41.0 Å². The minimum Gasteiger partial charge on any atom is -0.255 e. The highest BCUT2D eigenvalue weighted by Crippen LogP contribution is 2.44. The SMILES string of the molecule is Cc1cc(C)cc(-c2nccc3c2sc2cc4c(cc23)sc2cc(CC(C)(C)C)ccc24)c1. The van der Waals surface area contributed by atoms with Gasteiger partial charge in [0, 0.05) is 47.4 Å². The molecular formula is C30H27NS2. The number of hydrogen-bond donors (Lipinski definition) is 0. The fourth-order valence-electron chi connectivity index (χ4n) is 5.05. The number of hydrogen-bond acceptors (Lipinski definition) is 3. The Morgan fingerprint density at radius 3 is 2.09 bits per heavy atom. The van der Waals surface area contributed by atoms with Crippen LogP contribution in [0, 0.1) is 19.3 Å². The molecule has 3 heterocycles. The molecular weight excluding hydrogens is 438 g/mol. The Kier molecular flexibility index (Phi) is 4.66. The van der Waals surface area contributed by atoms with Crippen LogP contribution >= 0.6 is 22.7 Å². The molecule has 3 aromatic heterocycles. The van der Waals surface area contributed by atoms with Crippen molar-refractivity contribution in [3.8, 4) is 11.3 Å². The van der Waals surface area contributed by atoms with Gasteiger partial charge < -0.3 is 0 Å². The predicted octanol–water partition coefficient (Wildman–Crippen LogP) is 9.69. The first kappa shape index (κ1) is 20.8. The van der Waals surface area contributed by atoms with E-state index >= 15 is 0 Å². The molecule has 0 aliphatic carbocycles. The Bertz CT molecular complexity index is 1670. The summed E-state index contributed by atoms with van der Waals surface area (Å²) in [7, 11) is 0. The van der Waals surface area contributed by atoms with Gasteiger partial charge in [0.1, 0.15) is 0 Å². The van der Waals surface area contributed by atoms with Gasteiger partial charge in [0.2, 0.25) is 0 Å². The van der Waals surface area contributed by atoms with Crippen LogP contribution < -0.4 is 0 Å². The Balaban J connectivity index is 1.56. The number of aryl methyl sites for hydroxylation is 2. The molecule has 6 aromatic rings. The van der Waals surface area contributed by atoms with Crippen LogP contribution in [0.1, 0.15) is 37.5 Å². The van der Waals surface area contributed by atoms with E-state index in [9.17, 15) is 0 Å². The summed E-state index contributed by atoms with van der Waals surface area (Å²) in [6.45, 7) is 11.2. The number of aromatic nitrogens is 1. The monoisotopic (exact) mass is 465 g/mol. The van der Waals surface area contributed by atoms with Crippen LogP contribution in [0.5, 0.6) is 0 Å². The molecule has 3 aromatic carbocycles. The van der Waals surface area contributed by atoms with Crippen molar-refractivity contribution in [1.82, 2.24) is 4.98 Å². The third kappa shape index (κ3) is 3.64. The first-order valence-corrected chi connectivity index (χ1v) is 13.1. The van der Waals surface area contributed by atoms with Crippen molar-refractivity contribution >= 4 is 63.0 Å². The summed E-state index contributed by atoms with van der Waals surface area (Å²) in [5.41, 5.74) is 6.60. The summed E-state index contributed by atoms with van der Waals surface area (Å²) in [5, 5.41) is 5.40. The summed E-state index contributed by atoms with van der Waals surface area (Å²) >= 11 is 3.80. The van der Waals surface area contributed by atoms with Crippen LogP contribution in [0.3, 0.4) is 0 Å². The van der Waals surface area contributed by atoms with Gasteiger partial charge >= 0.3 is 0 Å². The average molecular weight is 466 g/mol. The van der Waals surface area contributed by atoms with Crippen molar-refractivity contribution < 1.29 is 0 Å². The molecule has 0 aliphatic rings. The van der Waals surface area contributed by atoms with E-state index in [0.29, 0.717) is 5.41 Å². The second-order valence-corrected chi connectivity index (χ2v) is 12.7. The smallest absolute Gasteiger partial charge is 0.0880 e. The van der Waals surface area contributed by atoms with Crippen molar-refractivity contribution in [2.24, 2.45) is 5.41 Å². The highest BCUT2D eigenvalue weighted by molar-refractivity contribution is 7.27. The van der Waals surface area contributed by atoms with Gasteiger partial charge in [-0.2, -0.15) is 0 Å². The normalized spacial score (nSPS) is 12.5. The molecule has 0 unspecified atom stereocenters. The van der Waals surface area contributed by atoms with E-state index in [2.05, 4.69) is 89.2 Å². The van der Waals surface area contributed by atoms with E-state index in [4.69, 9.17) is 4.98 Å². The van der Waals surface area contributed by atoms with Gasteiger partial charge in [-0.25, -0.2) is 0 Å². The summed E-state index contributed by atoms with van der Waals surface area (Å²) in [6, 6.07) is 20.8. The summed E-state index contributed by atoms with van der Waals surface area (Å²) in [4.78, 5) is 4.81. The lowest BCUT2D eigenvalue weighted by molar-refractivity contribution is 0.411. The third-order valence-electron chi connectivity index (χ3n) is 6.27. The van der Waals surface area contributed by atoms with Crippen LogP contribution in [0.4, 0.5) is 0 Å². The highest BCUT2D eigenvalue weighted by Gasteiger charge is 2.16. The van der Waals surface area contributed by atoms with E-state index in [-0.39, 0.29) is 0 Å². The maximum atomic E-state index is 4.81. The first-order valence-electron chi connectivity index (χ1n) is 11.5. The molecule has 0 bridgehead atoms. The molecule has 0 radical (unpaired) electrons. The van der Waals surface area contributed by atoms with Crippen LogP contribution in [-0.4, -0.2) is 4.98 Å². The number of pyridine rings is 1. The molecule has 0 amide bonds. The van der Waals surface area contributed by atoms with Crippen molar-refractivity contribution in [2.75, 3.05) is 0 Å². The number of nitrogens with zero attached hydrogens (tertiary/aromatic N) is 1. The third-order valence-corrected chi connectivity index (χ3v) is 8.56. The van der Waals surface area contributed by atoms with E-state index in [1.165, 1.54) is 62.6 Å². The lowest BCUT2D eigenvalue weighted by Crippen LogP contribution is -2.08. The van der Waals surface area contributed by atoms with E-state index in [1.54, 1.807) is 0 Å². The van der Waals surface area contributed by atoms with E-state index in [0.717, 1.165) is 12.1 Å². The molecule has 0 saturated heterocycles. The Morgan fingerprint density at radius 2 is 1.36 bits per heavy atom. The predicted molar refractivity (Wildman–Crippen MR) is 148 cm³/mol. The Morgan fingerprint density at radius 1 is 0.697 bits per heavy atom. The molecule has 0 fully saturated rings. The van der Waals surface area contributed by atoms with Crippen molar-refractivity contribution in [3.05, 3.63) is 77.5 Å². The number of fused-ring (bicyclic) bond motifs is 6. The number of benzene rings is 3. The zero-order valence-corrected chi connectivity index (χ0v) is 21.4. The standard InChI is InChI=1S/C30H27NS2/c1-17-10-18(2)12-20(11-17)28-29-22(8-9-31-28)24-15-26-23(14-27(24)33-29)21-7-6-19(13-25(21)32-26)16-30(3,4)5/h6-15H,16H2,1-5H3. The molecule has 6 rings (SSSR count). The summed E-state index contributed by atoms with van der Waals surface area (Å²) < 4.78 is 5.39. The van der Waals surface area contributed by atoms with Gasteiger partial charge in [-0.1, -0.05) is 50.1 Å². The fourth-order valence-corrected chi connectivity index (χ4v) is 7.48. The van der Waals surface area contributed by atoms with Gasteiger partial charge in [-0.05, 0) is 67.6 Å². The minimum atomic E-state index is 0.299. The van der Waals surface area contributed by atoms with Crippen LogP contribution in [-0.2, 0) is 6.42 Å². The minimum absolute atomic E-state index is 0.299. The molecule has 3 heteroatoms. The second-order valence-electron chi connectivity index (χ2n) is 10.5. The molecule has 0 spiro atoms. The quantitative estimate of drug-likeness (QED) is 0.248. The molecule has 33 heavy (non-hydrogen) atoms. The first-order chi connectivity index (χ1) is 15.7. The Labute approximate surface area is 202 Å². The Hall–Kier alpha value is -2.75. The summed E-state index contributed by atoms with van der Waals surface area (Å²) in [6.07, 6.45) is 3.07. The molecule has 0 atom stereocenters. The van der Waals surface area contributed by atoms with Gasteiger partial charge in [-0.3, -0.25) is 4.98 Å². The molecule has 164 valence electrons. The molecule has 1 nitrogen and oxygen atoms in total. The maximum absolute atomic E-state index is 4.81.